The molecule has 2 aliphatic rings. The van der Waals surface area contributed by atoms with Crippen molar-refractivity contribution >= 4 is 29.1 Å². The largest absolute Gasteiger partial charge is 0.442 e. The molecule has 2 aliphatic heterocycles. The molecule has 2 heterocycles. The Hall–Kier alpha value is -2.84. The van der Waals surface area contributed by atoms with Gasteiger partial charge in [0, 0.05) is 38.6 Å². The normalized spacial score (nSPS) is 20.2. The van der Waals surface area contributed by atoms with E-state index in [2.05, 4.69) is 10.4 Å². The molecular formula is C17H22FN5O3. The van der Waals surface area contributed by atoms with Crippen LogP contribution in [0.25, 0.3) is 0 Å². The van der Waals surface area contributed by atoms with E-state index in [0.717, 1.165) is 5.71 Å². The molecule has 0 unspecified atom stereocenters. The minimum atomic E-state index is -0.547. The molecule has 0 saturated carbocycles. The highest BCUT2D eigenvalue weighted by Crippen LogP contribution is 2.29. The number of nitrogens with zero attached hydrogens (tertiary/aromatic N) is 3. The fraction of sp³-hybridized carbons (Fsp3) is 0.471. The average Bonchev–Trinajstić information content (AvgIpc) is 3.01. The molecule has 1 atom stereocenters. The van der Waals surface area contributed by atoms with Crippen LogP contribution in [0.5, 0.6) is 0 Å². The highest BCUT2D eigenvalue weighted by Gasteiger charge is 2.33. The van der Waals surface area contributed by atoms with Crippen molar-refractivity contribution in [3.05, 3.63) is 24.0 Å². The Balaban J connectivity index is 1.68. The average molecular weight is 363 g/mol. The predicted octanol–water partition coefficient (Wildman–Crippen LogP) is 1.20. The number of hydrogen-bond donors (Lipinski definition) is 2. The second-order valence-electron chi connectivity index (χ2n) is 6.37. The van der Waals surface area contributed by atoms with Gasteiger partial charge in [0.2, 0.25) is 5.91 Å². The number of hydrogen-bond acceptors (Lipinski definition) is 6. The summed E-state index contributed by atoms with van der Waals surface area (Å²) in [6.07, 6.45) is 0.418. The number of ether oxygens (including phenoxy) is 1. The Morgan fingerprint density at radius 2 is 2.15 bits per heavy atom. The monoisotopic (exact) mass is 363 g/mol. The molecule has 3 N–H and O–H groups in total. The molecule has 0 aromatic heterocycles. The second kappa shape index (κ2) is 7.59. The van der Waals surface area contributed by atoms with Gasteiger partial charge < -0.3 is 20.8 Å². The Bertz CT molecular complexity index is 729. The first-order valence-electron chi connectivity index (χ1n) is 8.50. The van der Waals surface area contributed by atoms with Gasteiger partial charge in [-0.2, -0.15) is 5.10 Å². The third kappa shape index (κ3) is 3.87. The van der Waals surface area contributed by atoms with Gasteiger partial charge in [-0.1, -0.05) is 0 Å². The summed E-state index contributed by atoms with van der Waals surface area (Å²) in [5.74, 6) is 4.70. The molecule has 0 radical (unpaired) electrons. The van der Waals surface area contributed by atoms with Gasteiger partial charge in [0.05, 0.1) is 24.5 Å². The van der Waals surface area contributed by atoms with Crippen molar-refractivity contribution in [2.24, 2.45) is 10.9 Å². The molecule has 26 heavy (non-hydrogen) atoms. The fourth-order valence-electron chi connectivity index (χ4n) is 3.15. The number of benzene rings is 1. The number of rotatable bonds is 4. The van der Waals surface area contributed by atoms with Gasteiger partial charge in [-0.15, -0.1) is 0 Å². The zero-order valence-corrected chi connectivity index (χ0v) is 14.6. The predicted molar refractivity (Wildman–Crippen MR) is 95.8 cm³/mol. The number of carbonyl (C=O) groups is 2. The molecule has 0 bridgehead atoms. The zero-order valence-electron chi connectivity index (χ0n) is 14.6. The van der Waals surface area contributed by atoms with Crippen LogP contribution in [0.3, 0.4) is 0 Å². The van der Waals surface area contributed by atoms with Gasteiger partial charge in [-0.05, 0) is 18.2 Å². The number of halogens is 1. The number of carbonyl (C=O) groups excluding carboxylic acids is 2. The summed E-state index contributed by atoms with van der Waals surface area (Å²) in [5, 5.41) is 6.33. The molecule has 0 spiro atoms. The van der Waals surface area contributed by atoms with Crippen LogP contribution < -0.4 is 21.0 Å². The Labute approximate surface area is 150 Å². The first-order chi connectivity index (χ1) is 12.5. The quantitative estimate of drug-likeness (QED) is 0.618. The number of nitrogens with two attached hydrogens (primary N) is 1. The third-order valence-electron chi connectivity index (χ3n) is 4.56. The van der Waals surface area contributed by atoms with E-state index in [4.69, 9.17) is 10.6 Å². The second-order valence-corrected chi connectivity index (χ2v) is 6.37. The van der Waals surface area contributed by atoms with E-state index >= 15 is 0 Å². The minimum absolute atomic E-state index is 0.195. The molecule has 1 aromatic rings. The highest BCUT2D eigenvalue weighted by atomic mass is 19.1. The molecule has 8 nitrogen and oxygen atoms in total. The van der Waals surface area contributed by atoms with E-state index in [9.17, 15) is 14.0 Å². The summed E-state index contributed by atoms with van der Waals surface area (Å²) in [5.41, 5.74) is 1.86. The van der Waals surface area contributed by atoms with E-state index in [1.807, 2.05) is 4.90 Å². The van der Waals surface area contributed by atoms with Gasteiger partial charge in [-0.25, -0.2) is 9.18 Å². The number of nitrogens with one attached hydrogen (secondary N) is 1. The topological polar surface area (TPSA) is 100 Å². The van der Waals surface area contributed by atoms with Crippen LogP contribution in [0.15, 0.2) is 23.3 Å². The van der Waals surface area contributed by atoms with Crippen molar-refractivity contribution in [2.45, 2.75) is 25.9 Å². The summed E-state index contributed by atoms with van der Waals surface area (Å²) in [6, 6.07) is 4.71. The summed E-state index contributed by atoms with van der Waals surface area (Å²) in [4.78, 5) is 26.3. The zero-order chi connectivity index (χ0) is 18.7. The first-order valence-corrected chi connectivity index (χ1v) is 8.50. The summed E-state index contributed by atoms with van der Waals surface area (Å²) >= 11 is 0. The van der Waals surface area contributed by atoms with Gasteiger partial charge in [0.1, 0.15) is 11.9 Å². The van der Waals surface area contributed by atoms with Crippen LogP contribution in [-0.2, 0) is 9.53 Å². The maximum atomic E-state index is 14.6. The van der Waals surface area contributed by atoms with Crippen LogP contribution >= 0.6 is 0 Å². The summed E-state index contributed by atoms with van der Waals surface area (Å²) < 4.78 is 19.8. The van der Waals surface area contributed by atoms with Gasteiger partial charge in [-0.3, -0.25) is 9.69 Å². The standard InChI is InChI=1S/C17H22FN5O3/c1-11(24)20-9-14-10-23(17(25)26-14)13-2-3-16(15(18)8-13)22-6-4-12(21-19)5-7-22/h2-3,8,14H,4-7,9-10,19H2,1H3,(H,20,24)/t14-/m0/s1. The summed E-state index contributed by atoms with van der Waals surface area (Å²) in [7, 11) is 0. The fourth-order valence-corrected chi connectivity index (χ4v) is 3.15. The van der Waals surface area contributed by atoms with Crippen LogP contribution in [0.1, 0.15) is 19.8 Å². The van der Waals surface area contributed by atoms with Crippen molar-refractivity contribution < 1.29 is 18.7 Å². The molecule has 9 heteroatoms. The van der Waals surface area contributed by atoms with Gasteiger partial charge >= 0.3 is 6.09 Å². The number of anilines is 2. The lowest BCUT2D eigenvalue weighted by atomic mass is 10.1. The van der Waals surface area contributed by atoms with Crippen molar-refractivity contribution in [2.75, 3.05) is 36.0 Å². The Kier molecular flexibility index (Phi) is 5.24. The third-order valence-corrected chi connectivity index (χ3v) is 4.56. The number of cyclic esters (lactones) is 1. The molecule has 2 amide bonds. The lowest BCUT2D eigenvalue weighted by Crippen LogP contribution is -2.35. The van der Waals surface area contributed by atoms with Crippen LogP contribution in [-0.4, -0.2) is 50.0 Å². The Morgan fingerprint density at radius 3 is 2.77 bits per heavy atom. The van der Waals surface area contributed by atoms with Crippen LogP contribution in [0.2, 0.25) is 0 Å². The molecular weight excluding hydrogens is 341 g/mol. The van der Waals surface area contributed by atoms with Crippen LogP contribution in [0.4, 0.5) is 20.6 Å². The highest BCUT2D eigenvalue weighted by molar-refractivity contribution is 5.90. The molecule has 1 aromatic carbocycles. The number of amides is 2. The lowest BCUT2D eigenvalue weighted by molar-refractivity contribution is -0.119. The van der Waals surface area contributed by atoms with E-state index in [-0.39, 0.29) is 19.0 Å². The molecule has 140 valence electrons. The maximum Gasteiger partial charge on any atom is 0.414 e. The van der Waals surface area contributed by atoms with E-state index in [1.165, 1.54) is 17.9 Å². The molecule has 3 rings (SSSR count). The van der Waals surface area contributed by atoms with Crippen molar-refractivity contribution in [3.8, 4) is 0 Å². The van der Waals surface area contributed by atoms with E-state index in [1.54, 1.807) is 12.1 Å². The van der Waals surface area contributed by atoms with Crippen molar-refractivity contribution in [3.63, 3.8) is 0 Å². The van der Waals surface area contributed by atoms with E-state index in [0.29, 0.717) is 37.3 Å². The van der Waals surface area contributed by atoms with E-state index < -0.39 is 18.0 Å². The summed E-state index contributed by atoms with van der Waals surface area (Å²) in [6.45, 7) is 3.19. The number of hydrazone groups is 1. The SMILES string of the molecule is CC(=O)NC[C@H]1CN(c2ccc(N3CCC(=NN)CC3)c(F)c2)C(=O)O1. The minimum Gasteiger partial charge on any atom is -0.442 e. The maximum absolute atomic E-state index is 14.6. The van der Waals surface area contributed by atoms with Gasteiger partial charge in [0.25, 0.3) is 0 Å². The van der Waals surface area contributed by atoms with Gasteiger partial charge in [0.15, 0.2) is 0 Å². The Morgan fingerprint density at radius 1 is 1.42 bits per heavy atom. The van der Waals surface area contributed by atoms with Crippen molar-refractivity contribution in [1.29, 1.82) is 0 Å². The molecule has 2 fully saturated rings. The van der Waals surface area contributed by atoms with Crippen molar-refractivity contribution in [1.82, 2.24) is 5.32 Å². The number of piperidine rings is 1. The van der Waals surface area contributed by atoms with Crippen LogP contribution in [0, 0.1) is 5.82 Å². The lowest BCUT2D eigenvalue weighted by Gasteiger charge is -2.30. The molecule has 0 aliphatic carbocycles. The smallest absolute Gasteiger partial charge is 0.414 e. The molecule has 2 saturated heterocycles. The first kappa shape index (κ1) is 18.0.